The number of fused-ring (bicyclic) bond motifs is 1. The first-order chi connectivity index (χ1) is 15.8. The molecule has 2 N–H and O–H groups in total. The number of rotatable bonds is 6. The zero-order chi connectivity index (χ0) is 23.7. The van der Waals surface area contributed by atoms with Crippen LogP contribution in [0.25, 0.3) is 16.0 Å². The van der Waals surface area contributed by atoms with E-state index in [1.54, 1.807) is 30.7 Å². The Labute approximate surface area is 193 Å². The number of nitrogen functional groups attached to an aromatic ring is 1. The van der Waals surface area contributed by atoms with Gasteiger partial charge in [-0.3, -0.25) is 0 Å². The molecule has 0 amide bonds. The van der Waals surface area contributed by atoms with Crippen molar-refractivity contribution in [2.45, 2.75) is 34.3 Å². The van der Waals surface area contributed by atoms with Crippen molar-refractivity contribution in [2.75, 3.05) is 12.3 Å². The highest BCUT2D eigenvalue weighted by molar-refractivity contribution is 7.20. The van der Waals surface area contributed by atoms with Crippen LogP contribution in [0, 0.1) is 20.8 Å². The maximum absolute atomic E-state index is 12.5. The molecule has 4 aromatic rings. The molecule has 0 saturated heterocycles. The Morgan fingerprint density at radius 3 is 2.55 bits per heavy atom. The van der Waals surface area contributed by atoms with E-state index in [0.717, 1.165) is 11.4 Å². The lowest BCUT2D eigenvalue weighted by Gasteiger charge is -2.07. The first-order valence-corrected chi connectivity index (χ1v) is 11.0. The molecule has 0 aromatic carbocycles. The summed E-state index contributed by atoms with van der Waals surface area (Å²) in [6.07, 6.45) is 1.43. The molecule has 0 fully saturated rings. The summed E-state index contributed by atoms with van der Waals surface area (Å²) in [5.41, 5.74) is 8.87. The van der Waals surface area contributed by atoms with Crippen LogP contribution < -0.4 is 5.73 Å². The minimum atomic E-state index is -0.570. The van der Waals surface area contributed by atoms with E-state index in [1.807, 2.05) is 19.9 Å². The van der Waals surface area contributed by atoms with E-state index in [2.05, 4.69) is 20.1 Å². The largest absolute Gasteiger partial charge is 0.462 e. The smallest absolute Gasteiger partial charge is 0.348 e. The number of nitrogens with zero attached hydrogens (tertiary/aromatic N) is 5. The molecule has 0 saturated carbocycles. The third kappa shape index (κ3) is 4.40. The number of esters is 2. The number of thiophene rings is 1. The Kier molecular flexibility index (Phi) is 6.05. The van der Waals surface area contributed by atoms with Crippen LogP contribution in [-0.4, -0.2) is 43.3 Å². The van der Waals surface area contributed by atoms with Gasteiger partial charge in [-0.25, -0.2) is 29.2 Å². The third-order valence-corrected chi connectivity index (χ3v) is 6.03. The molecule has 0 aliphatic carbocycles. The van der Waals surface area contributed by atoms with Crippen molar-refractivity contribution in [3.8, 4) is 5.82 Å². The van der Waals surface area contributed by atoms with Gasteiger partial charge in [-0.1, -0.05) is 0 Å². The summed E-state index contributed by atoms with van der Waals surface area (Å²) < 4.78 is 12.1. The number of aryl methyl sites for hydroxylation is 3. The molecule has 0 spiro atoms. The third-order valence-electron chi connectivity index (χ3n) is 4.87. The first kappa shape index (κ1) is 22.3. The summed E-state index contributed by atoms with van der Waals surface area (Å²) in [6.45, 7) is 7.43. The highest BCUT2D eigenvalue weighted by Crippen LogP contribution is 2.33. The summed E-state index contributed by atoms with van der Waals surface area (Å²) in [5, 5.41) is 4.97. The van der Waals surface area contributed by atoms with Crippen LogP contribution in [0.2, 0.25) is 0 Å². The molecule has 4 rings (SSSR count). The van der Waals surface area contributed by atoms with E-state index in [9.17, 15) is 9.59 Å². The maximum Gasteiger partial charge on any atom is 0.348 e. The normalized spacial score (nSPS) is 11.0. The van der Waals surface area contributed by atoms with Crippen LogP contribution in [0.4, 0.5) is 5.82 Å². The fraction of sp³-hybridized carbons (Fsp3) is 0.273. The van der Waals surface area contributed by atoms with Gasteiger partial charge in [-0.15, -0.1) is 11.3 Å². The van der Waals surface area contributed by atoms with E-state index in [4.69, 9.17) is 15.2 Å². The Morgan fingerprint density at radius 1 is 1.12 bits per heavy atom. The Morgan fingerprint density at radius 2 is 1.91 bits per heavy atom. The number of ether oxygens (including phenoxy) is 2. The molecule has 0 radical (unpaired) electrons. The van der Waals surface area contributed by atoms with Crippen molar-refractivity contribution in [1.29, 1.82) is 0 Å². The summed E-state index contributed by atoms with van der Waals surface area (Å²) in [6, 6.07) is 5.26. The second-order valence-corrected chi connectivity index (χ2v) is 8.30. The fourth-order valence-electron chi connectivity index (χ4n) is 3.38. The minimum absolute atomic E-state index is 0.177. The number of pyridine rings is 1. The van der Waals surface area contributed by atoms with Gasteiger partial charge in [-0.05, 0) is 51.5 Å². The molecule has 170 valence electrons. The van der Waals surface area contributed by atoms with Gasteiger partial charge in [0.15, 0.2) is 18.2 Å². The van der Waals surface area contributed by atoms with Crippen LogP contribution in [-0.2, 0) is 16.1 Å². The van der Waals surface area contributed by atoms with Gasteiger partial charge in [0, 0.05) is 11.9 Å². The molecule has 0 atom stereocenters. The lowest BCUT2D eigenvalue weighted by atomic mass is 10.2. The highest BCUT2D eigenvalue weighted by atomic mass is 32.1. The van der Waals surface area contributed by atoms with E-state index in [0.29, 0.717) is 26.5 Å². The predicted molar refractivity (Wildman–Crippen MR) is 122 cm³/mol. The molecule has 10 nitrogen and oxygen atoms in total. The molecule has 4 heterocycles. The van der Waals surface area contributed by atoms with Gasteiger partial charge in [0.1, 0.15) is 15.5 Å². The number of hydrogen-bond donors (Lipinski definition) is 1. The fourth-order valence-corrected chi connectivity index (χ4v) is 4.48. The Bertz CT molecular complexity index is 1360. The van der Waals surface area contributed by atoms with Crippen molar-refractivity contribution in [2.24, 2.45) is 0 Å². The van der Waals surface area contributed by atoms with Gasteiger partial charge in [0.05, 0.1) is 23.3 Å². The second-order valence-electron chi connectivity index (χ2n) is 7.30. The number of nitrogens with two attached hydrogens (primary N) is 1. The molecule has 33 heavy (non-hydrogen) atoms. The van der Waals surface area contributed by atoms with Crippen molar-refractivity contribution in [1.82, 2.24) is 24.7 Å². The summed E-state index contributed by atoms with van der Waals surface area (Å²) >= 11 is 1.17. The van der Waals surface area contributed by atoms with Crippen molar-refractivity contribution in [3.05, 3.63) is 57.6 Å². The molecule has 11 heteroatoms. The van der Waals surface area contributed by atoms with E-state index in [-0.39, 0.29) is 30.4 Å². The standard InChI is InChI=1S/C22H22N6O4S/c1-5-31-22(30)18-13(4)17-19(23)25-15(26-20(17)33-18)10-32-21(29)14-6-7-16(24-9-14)28-12(3)8-11(2)27-28/h6-9H,5,10H2,1-4H3,(H2,23,25,26). The molecule has 0 aliphatic rings. The highest BCUT2D eigenvalue weighted by Gasteiger charge is 2.21. The monoisotopic (exact) mass is 466 g/mol. The average molecular weight is 467 g/mol. The van der Waals surface area contributed by atoms with Crippen molar-refractivity contribution >= 4 is 39.3 Å². The molecular weight excluding hydrogens is 444 g/mol. The van der Waals surface area contributed by atoms with Gasteiger partial charge in [-0.2, -0.15) is 5.10 Å². The molecule has 0 aliphatic heterocycles. The van der Waals surface area contributed by atoms with Gasteiger partial charge >= 0.3 is 11.9 Å². The lowest BCUT2D eigenvalue weighted by molar-refractivity contribution is 0.0461. The molecule has 0 unspecified atom stereocenters. The number of carbonyl (C=O) groups excluding carboxylic acids is 2. The Balaban J connectivity index is 1.49. The maximum atomic E-state index is 12.5. The molecular formula is C22H22N6O4S. The van der Waals surface area contributed by atoms with Crippen LogP contribution in [0.1, 0.15) is 49.7 Å². The molecule has 4 aromatic heterocycles. The second kappa shape index (κ2) is 8.94. The molecule has 0 bridgehead atoms. The van der Waals surface area contributed by atoms with Crippen LogP contribution in [0.3, 0.4) is 0 Å². The number of anilines is 1. The number of carbonyl (C=O) groups is 2. The van der Waals surface area contributed by atoms with E-state index >= 15 is 0 Å². The minimum Gasteiger partial charge on any atom is -0.462 e. The quantitative estimate of drug-likeness (QED) is 0.424. The topological polar surface area (TPSA) is 135 Å². The van der Waals surface area contributed by atoms with Crippen molar-refractivity contribution < 1.29 is 19.1 Å². The van der Waals surface area contributed by atoms with Gasteiger partial charge in [0.25, 0.3) is 0 Å². The van der Waals surface area contributed by atoms with Gasteiger partial charge < -0.3 is 15.2 Å². The van der Waals surface area contributed by atoms with Crippen LogP contribution in [0.15, 0.2) is 24.4 Å². The van der Waals surface area contributed by atoms with Crippen LogP contribution in [0.5, 0.6) is 0 Å². The Hall–Kier alpha value is -3.86. The van der Waals surface area contributed by atoms with E-state index in [1.165, 1.54) is 17.5 Å². The summed E-state index contributed by atoms with van der Waals surface area (Å²) in [5.74, 6) is 0.0497. The SMILES string of the molecule is CCOC(=O)c1sc2nc(COC(=O)c3ccc(-n4nc(C)cc4C)nc3)nc(N)c2c1C. The van der Waals surface area contributed by atoms with Crippen LogP contribution >= 0.6 is 11.3 Å². The zero-order valence-corrected chi connectivity index (χ0v) is 19.4. The number of aromatic nitrogens is 5. The number of hydrogen-bond acceptors (Lipinski definition) is 10. The summed E-state index contributed by atoms with van der Waals surface area (Å²) in [7, 11) is 0. The van der Waals surface area contributed by atoms with Gasteiger partial charge in [0.2, 0.25) is 0 Å². The van der Waals surface area contributed by atoms with Crippen molar-refractivity contribution in [3.63, 3.8) is 0 Å². The predicted octanol–water partition coefficient (Wildman–Crippen LogP) is 3.31. The van der Waals surface area contributed by atoms with E-state index < -0.39 is 11.9 Å². The average Bonchev–Trinajstić information content (AvgIpc) is 3.30. The summed E-state index contributed by atoms with van der Waals surface area (Å²) in [4.78, 5) is 38.5. The lowest BCUT2D eigenvalue weighted by Crippen LogP contribution is -2.10. The zero-order valence-electron chi connectivity index (χ0n) is 18.6. The first-order valence-electron chi connectivity index (χ1n) is 10.2.